The summed E-state index contributed by atoms with van der Waals surface area (Å²) >= 11 is 5.76. The molecule has 0 aliphatic heterocycles. The number of carbonyl (C=O) groups is 1. The molecule has 0 saturated carbocycles. The zero-order valence-corrected chi connectivity index (χ0v) is 8.95. The number of hydrogen-bond acceptors (Lipinski definition) is 3. The van der Waals surface area contributed by atoms with Crippen molar-refractivity contribution in [3.05, 3.63) is 41.2 Å². The fraction of sp³-hybridized carbons (Fsp3) is 0. The second-order valence-corrected chi connectivity index (χ2v) is 3.57. The maximum atomic E-state index is 11.6. The molecule has 82 valence electrons. The number of nitrogens with zero attached hydrogens (tertiary/aromatic N) is 1. The van der Waals surface area contributed by atoms with E-state index >= 15 is 0 Å². The first kappa shape index (κ1) is 10.5. The van der Waals surface area contributed by atoms with Gasteiger partial charge in [-0.15, -0.1) is 0 Å². The molecule has 4 N–H and O–H groups in total. The van der Waals surface area contributed by atoms with Crippen LogP contribution in [-0.4, -0.2) is 16.1 Å². The van der Waals surface area contributed by atoms with Gasteiger partial charge in [-0.25, -0.2) is 0 Å². The van der Waals surface area contributed by atoms with Crippen molar-refractivity contribution in [3.8, 4) is 0 Å². The quantitative estimate of drug-likeness (QED) is 0.697. The van der Waals surface area contributed by atoms with Crippen LogP contribution in [0.1, 0.15) is 10.5 Å². The van der Waals surface area contributed by atoms with Gasteiger partial charge in [0.05, 0.1) is 10.7 Å². The van der Waals surface area contributed by atoms with Crippen LogP contribution in [0, 0.1) is 0 Å². The van der Waals surface area contributed by atoms with Crippen LogP contribution >= 0.6 is 11.6 Å². The van der Waals surface area contributed by atoms with Gasteiger partial charge in [0, 0.05) is 11.9 Å². The maximum Gasteiger partial charge on any atom is 0.273 e. The highest BCUT2D eigenvalue weighted by Gasteiger charge is 2.07. The number of aromatic nitrogens is 2. The largest absolute Gasteiger partial charge is 0.397 e. The van der Waals surface area contributed by atoms with Crippen molar-refractivity contribution in [1.82, 2.24) is 10.2 Å². The van der Waals surface area contributed by atoms with Crippen molar-refractivity contribution in [2.75, 3.05) is 11.1 Å². The number of benzene rings is 1. The number of rotatable bonds is 2. The number of hydrogen-bond donors (Lipinski definition) is 3. The lowest BCUT2D eigenvalue weighted by Crippen LogP contribution is -2.12. The highest BCUT2D eigenvalue weighted by atomic mass is 35.5. The Bertz CT molecular complexity index is 510. The molecule has 1 heterocycles. The summed E-state index contributed by atoms with van der Waals surface area (Å²) in [6.45, 7) is 0. The first-order valence-electron chi connectivity index (χ1n) is 4.52. The number of aromatic amines is 1. The Labute approximate surface area is 96.6 Å². The lowest BCUT2D eigenvalue weighted by atomic mass is 10.2. The number of H-pyrrole nitrogens is 1. The van der Waals surface area contributed by atoms with Gasteiger partial charge in [0.1, 0.15) is 5.69 Å². The van der Waals surface area contributed by atoms with Gasteiger partial charge in [-0.2, -0.15) is 5.10 Å². The van der Waals surface area contributed by atoms with Gasteiger partial charge in [0.25, 0.3) is 5.91 Å². The van der Waals surface area contributed by atoms with E-state index in [0.717, 1.165) is 0 Å². The SMILES string of the molecule is Nc1cc(NC(=O)c2ccn[nH]2)ccc1Cl. The van der Waals surface area contributed by atoms with Crippen LogP contribution in [0.25, 0.3) is 0 Å². The van der Waals surface area contributed by atoms with Crippen molar-refractivity contribution in [2.24, 2.45) is 0 Å². The second kappa shape index (κ2) is 4.24. The molecule has 1 amide bonds. The van der Waals surface area contributed by atoms with Crippen molar-refractivity contribution < 1.29 is 4.79 Å². The topological polar surface area (TPSA) is 83.8 Å². The normalized spacial score (nSPS) is 10.1. The fourth-order valence-electron chi connectivity index (χ4n) is 1.20. The Morgan fingerprint density at radius 3 is 2.88 bits per heavy atom. The van der Waals surface area contributed by atoms with E-state index < -0.39 is 0 Å². The Morgan fingerprint density at radius 1 is 1.44 bits per heavy atom. The van der Waals surface area contributed by atoms with Crippen LogP contribution in [0.3, 0.4) is 0 Å². The van der Waals surface area contributed by atoms with E-state index in [0.29, 0.717) is 22.1 Å². The molecule has 2 rings (SSSR count). The lowest BCUT2D eigenvalue weighted by molar-refractivity contribution is 0.102. The maximum absolute atomic E-state index is 11.6. The smallest absolute Gasteiger partial charge is 0.273 e. The van der Waals surface area contributed by atoms with Crippen LogP contribution < -0.4 is 11.1 Å². The van der Waals surface area contributed by atoms with Crippen molar-refractivity contribution in [1.29, 1.82) is 0 Å². The molecule has 16 heavy (non-hydrogen) atoms. The van der Waals surface area contributed by atoms with E-state index in [1.807, 2.05) is 0 Å². The number of nitrogens with two attached hydrogens (primary N) is 1. The first-order valence-corrected chi connectivity index (χ1v) is 4.90. The van der Waals surface area contributed by atoms with Gasteiger partial charge in [0.15, 0.2) is 0 Å². The summed E-state index contributed by atoms with van der Waals surface area (Å²) in [7, 11) is 0. The monoisotopic (exact) mass is 236 g/mol. The second-order valence-electron chi connectivity index (χ2n) is 3.16. The summed E-state index contributed by atoms with van der Waals surface area (Å²) in [6, 6.07) is 6.47. The molecule has 2 aromatic rings. The number of amides is 1. The van der Waals surface area contributed by atoms with E-state index in [1.54, 1.807) is 24.3 Å². The number of nitrogens with one attached hydrogen (secondary N) is 2. The van der Waals surface area contributed by atoms with Crippen molar-refractivity contribution >= 4 is 28.9 Å². The van der Waals surface area contributed by atoms with Crippen LogP contribution in [0.2, 0.25) is 5.02 Å². The van der Waals surface area contributed by atoms with E-state index in [9.17, 15) is 4.79 Å². The van der Waals surface area contributed by atoms with Gasteiger partial charge >= 0.3 is 0 Å². The fourth-order valence-corrected chi connectivity index (χ4v) is 1.32. The predicted octanol–water partition coefficient (Wildman–Crippen LogP) is 1.90. The Kier molecular flexibility index (Phi) is 2.78. The highest BCUT2D eigenvalue weighted by Crippen LogP contribution is 2.22. The van der Waals surface area contributed by atoms with Gasteiger partial charge in [0.2, 0.25) is 0 Å². The third kappa shape index (κ3) is 2.14. The van der Waals surface area contributed by atoms with Crippen LogP contribution in [-0.2, 0) is 0 Å². The molecule has 1 aromatic heterocycles. The highest BCUT2D eigenvalue weighted by molar-refractivity contribution is 6.33. The lowest BCUT2D eigenvalue weighted by Gasteiger charge is -2.05. The molecule has 0 unspecified atom stereocenters. The Morgan fingerprint density at radius 2 is 2.25 bits per heavy atom. The third-order valence-corrected chi connectivity index (χ3v) is 2.34. The van der Waals surface area contributed by atoms with Gasteiger partial charge in [-0.1, -0.05) is 11.6 Å². The third-order valence-electron chi connectivity index (χ3n) is 2.00. The molecule has 6 heteroatoms. The van der Waals surface area contributed by atoms with Crippen molar-refractivity contribution in [2.45, 2.75) is 0 Å². The van der Waals surface area contributed by atoms with Crippen LogP contribution in [0.4, 0.5) is 11.4 Å². The van der Waals surface area contributed by atoms with E-state index in [1.165, 1.54) is 6.20 Å². The molecule has 0 spiro atoms. The average molecular weight is 237 g/mol. The molecule has 0 radical (unpaired) electrons. The molecule has 0 fully saturated rings. The Hall–Kier alpha value is -2.01. The molecular formula is C10H9ClN4O. The minimum absolute atomic E-state index is 0.278. The molecule has 0 atom stereocenters. The molecule has 0 aliphatic carbocycles. The minimum Gasteiger partial charge on any atom is -0.397 e. The number of nitrogen functional groups attached to an aromatic ring is 1. The van der Waals surface area contributed by atoms with Gasteiger partial charge < -0.3 is 11.1 Å². The summed E-state index contributed by atoms with van der Waals surface area (Å²) in [5, 5.41) is 9.37. The summed E-state index contributed by atoms with van der Waals surface area (Å²) < 4.78 is 0. The molecule has 1 aromatic carbocycles. The van der Waals surface area contributed by atoms with E-state index in [-0.39, 0.29) is 5.91 Å². The number of anilines is 2. The Balaban J connectivity index is 2.15. The van der Waals surface area contributed by atoms with Crippen LogP contribution in [0.5, 0.6) is 0 Å². The summed E-state index contributed by atoms with van der Waals surface area (Å²) in [5.41, 5.74) is 7.00. The molecular weight excluding hydrogens is 228 g/mol. The number of halogens is 1. The minimum atomic E-state index is -0.278. The summed E-state index contributed by atoms with van der Waals surface area (Å²) in [4.78, 5) is 11.6. The van der Waals surface area contributed by atoms with Gasteiger partial charge in [-0.05, 0) is 24.3 Å². The summed E-state index contributed by atoms with van der Waals surface area (Å²) in [6.07, 6.45) is 1.51. The number of carbonyl (C=O) groups excluding carboxylic acids is 1. The molecule has 0 saturated heterocycles. The van der Waals surface area contributed by atoms with Crippen LogP contribution in [0.15, 0.2) is 30.5 Å². The summed E-state index contributed by atoms with van der Waals surface area (Å²) in [5.74, 6) is -0.278. The predicted molar refractivity (Wildman–Crippen MR) is 62.4 cm³/mol. The average Bonchev–Trinajstić information content (AvgIpc) is 2.77. The van der Waals surface area contributed by atoms with Gasteiger partial charge in [-0.3, -0.25) is 9.89 Å². The zero-order chi connectivity index (χ0) is 11.5. The zero-order valence-electron chi connectivity index (χ0n) is 8.20. The molecule has 0 aliphatic rings. The van der Waals surface area contributed by atoms with E-state index in [4.69, 9.17) is 17.3 Å². The standard InChI is InChI=1S/C10H9ClN4O/c11-7-2-1-6(5-8(7)12)14-10(16)9-3-4-13-15-9/h1-5H,12H2,(H,13,15)(H,14,16). The van der Waals surface area contributed by atoms with E-state index in [2.05, 4.69) is 15.5 Å². The van der Waals surface area contributed by atoms with Crippen molar-refractivity contribution in [3.63, 3.8) is 0 Å². The molecule has 5 nitrogen and oxygen atoms in total. The molecule has 0 bridgehead atoms. The first-order chi connectivity index (χ1) is 7.66.